The van der Waals surface area contributed by atoms with Gasteiger partial charge in [0.05, 0.1) is 38.2 Å². The molecule has 0 atom stereocenters. The first-order chi connectivity index (χ1) is 16.2. The van der Waals surface area contributed by atoms with E-state index in [4.69, 9.17) is 14.5 Å². The van der Waals surface area contributed by atoms with Crippen LogP contribution in [0.15, 0.2) is 61.1 Å². The SMILES string of the molecule is COc1cc(OC)cc(N(Cc2ncc[nH]2)c2ccc3ncc(N4CCCCC4)cc3c2)c1. The molecule has 170 valence electrons. The quantitative estimate of drug-likeness (QED) is 0.418. The number of benzene rings is 2. The van der Waals surface area contributed by atoms with E-state index in [1.807, 2.05) is 30.6 Å². The molecule has 0 amide bonds. The van der Waals surface area contributed by atoms with Gasteiger partial charge in [0, 0.05) is 60.4 Å². The third kappa shape index (κ3) is 4.58. The number of hydrogen-bond acceptors (Lipinski definition) is 6. The van der Waals surface area contributed by atoms with Crippen LogP contribution in [0.25, 0.3) is 10.9 Å². The fraction of sp³-hybridized carbons (Fsp3) is 0.308. The molecule has 1 aliphatic heterocycles. The lowest BCUT2D eigenvalue weighted by Gasteiger charge is -2.29. The molecule has 1 saturated heterocycles. The van der Waals surface area contributed by atoms with Crippen LogP contribution in [0, 0.1) is 0 Å². The zero-order valence-corrected chi connectivity index (χ0v) is 19.1. The van der Waals surface area contributed by atoms with Crippen molar-refractivity contribution in [3.8, 4) is 11.5 Å². The first-order valence-corrected chi connectivity index (χ1v) is 11.4. The average molecular weight is 444 g/mol. The fourth-order valence-corrected chi connectivity index (χ4v) is 4.41. The Hall–Kier alpha value is -3.74. The van der Waals surface area contributed by atoms with Crippen molar-refractivity contribution < 1.29 is 9.47 Å². The number of hydrogen-bond donors (Lipinski definition) is 1. The van der Waals surface area contributed by atoms with Crippen molar-refractivity contribution in [3.63, 3.8) is 0 Å². The highest BCUT2D eigenvalue weighted by Gasteiger charge is 2.16. The monoisotopic (exact) mass is 443 g/mol. The van der Waals surface area contributed by atoms with Crippen LogP contribution < -0.4 is 19.3 Å². The number of fused-ring (bicyclic) bond motifs is 1. The number of H-pyrrole nitrogens is 1. The van der Waals surface area contributed by atoms with E-state index in [0.717, 1.165) is 52.7 Å². The predicted octanol–water partition coefficient (Wildman–Crippen LogP) is 5.30. The Kier molecular flexibility index (Phi) is 6.02. The third-order valence-electron chi connectivity index (χ3n) is 6.19. The standard InChI is InChI=1S/C26H29N5O2/c1-32-23-14-21(15-24(16-23)33-2)31(18-26-27-8-9-28-26)20-6-7-25-19(12-20)13-22(17-29-25)30-10-4-3-5-11-30/h6-9,12-17H,3-5,10-11,18H2,1-2H3,(H,27,28). The van der Waals surface area contributed by atoms with Gasteiger partial charge in [0.2, 0.25) is 0 Å². The third-order valence-corrected chi connectivity index (χ3v) is 6.19. The van der Waals surface area contributed by atoms with Gasteiger partial charge in [0.15, 0.2) is 0 Å². The molecule has 0 unspecified atom stereocenters. The van der Waals surface area contributed by atoms with Crippen LogP contribution in [-0.2, 0) is 6.54 Å². The molecule has 7 heteroatoms. The van der Waals surface area contributed by atoms with Gasteiger partial charge in [-0.2, -0.15) is 0 Å². The highest BCUT2D eigenvalue weighted by atomic mass is 16.5. The zero-order valence-electron chi connectivity index (χ0n) is 19.1. The lowest BCUT2D eigenvalue weighted by Crippen LogP contribution is -2.29. The minimum absolute atomic E-state index is 0.577. The van der Waals surface area contributed by atoms with Crippen molar-refractivity contribution >= 4 is 28.0 Å². The molecular formula is C26H29N5O2. The van der Waals surface area contributed by atoms with E-state index in [-0.39, 0.29) is 0 Å². The highest BCUT2D eigenvalue weighted by molar-refractivity contribution is 5.86. The lowest BCUT2D eigenvalue weighted by molar-refractivity contribution is 0.394. The van der Waals surface area contributed by atoms with Crippen LogP contribution in [0.1, 0.15) is 25.1 Å². The molecule has 0 bridgehead atoms. The second kappa shape index (κ2) is 9.40. The summed E-state index contributed by atoms with van der Waals surface area (Å²) in [7, 11) is 3.33. The summed E-state index contributed by atoms with van der Waals surface area (Å²) in [5.74, 6) is 2.35. The number of aromatic nitrogens is 3. The molecule has 4 aromatic rings. The summed E-state index contributed by atoms with van der Waals surface area (Å²) in [6, 6.07) is 14.5. The Morgan fingerprint density at radius 1 is 0.909 bits per heavy atom. The molecule has 1 aliphatic rings. The molecule has 1 fully saturated rings. The maximum absolute atomic E-state index is 5.53. The molecule has 0 spiro atoms. The van der Waals surface area contributed by atoms with Crippen LogP contribution in [0.4, 0.5) is 17.1 Å². The number of piperidine rings is 1. The largest absolute Gasteiger partial charge is 0.497 e. The van der Waals surface area contributed by atoms with E-state index in [2.05, 4.69) is 44.0 Å². The molecule has 5 rings (SSSR count). The maximum atomic E-state index is 5.53. The molecule has 7 nitrogen and oxygen atoms in total. The summed E-state index contributed by atoms with van der Waals surface area (Å²) < 4.78 is 11.1. The van der Waals surface area contributed by atoms with Gasteiger partial charge in [-0.25, -0.2) is 4.98 Å². The van der Waals surface area contributed by atoms with E-state index in [0.29, 0.717) is 6.54 Å². The van der Waals surface area contributed by atoms with Gasteiger partial charge in [0.25, 0.3) is 0 Å². The minimum Gasteiger partial charge on any atom is -0.497 e. The number of rotatable bonds is 7. The van der Waals surface area contributed by atoms with Crippen molar-refractivity contribution in [3.05, 3.63) is 66.9 Å². The Morgan fingerprint density at radius 3 is 2.39 bits per heavy atom. The Balaban J connectivity index is 1.57. The van der Waals surface area contributed by atoms with Crippen molar-refractivity contribution in [2.75, 3.05) is 37.1 Å². The number of nitrogens with zero attached hydrogens (tertiary/aromatic N) is 4. The lowest BCUT2D eigenvalue weighted by atomic mass is 10.1. The van der Waals surface area contributed by atoms with E-state index >= 15 is 0 Å². The fourth-order valence-electron chi connectivity index (χ4n) is 4.41. The maximum Gasteiger partial charge on any atom is 0.126 e. The number of methoxy groups -OCH3 is 2. The summed E-state index contributed by atoms with van der Waals surface area (Å²) in [4.78, 5) is 17.1. The molecule has 2 aromatic heterocycles. The van der Waals surface area contributed by atoms with Gasteiger partial charge in [-0.15, -0.1) is 0 Å². The first-order valence-electron chi connectivity index (χ1n) is 11.4. The van der Waals surface area contributed by atoms with Gasteiger partial charge in [0.1, 0.15) is 17.3 Å². The number of imidazole rings is 1. The van der Waals surface area contributed by atoms with Crippen LogP contribution in [-0.4, -0.2) is 42.3 Å². The highest BCUT2D eigenvalue weighted by Crippen LogP contribution is 2.35. The van der Waals surface area contributed by atoms with E-state index in [1.165, 1.54) is 24.9 Å². The molecule has 0 aliphatic carbocycles. The topological polar surface area (TPSA) is 66.5 Å². The number of anilines is 3. The van der Waals surface area contributed by atoms with Crippen molar-refractivity contribution in [1.82, 2.24) is 15.0 Å². The Bertz CT molecular complexity index is 1200. The van der Waals surface area contributed by atoms with Crippen LogP contribution in [0.3, 0.4) is 0 Å². The smallest absolute Gasteiger partial charge is 0.126 e. The van der Waals surface area contributed by atoms with Gasteiger partial charge >= 0.3 is 0 Å². The zero-order chi connectivity index (χ0) is 22.6. The number of pyridine rings is 1. The van der Waals surface area contributed by atoms with Gasteiger partial charge < -0.3 is 24.3 Å². The first kappa shape index (κ1) is 21.1. The summed E-state index contributed by atoms with van der Waals surface area (Å²) in [5.41, 5.74) is 4.19. The molecule has 0 radical (unpaired) electrons. The summed E-state index contributed by atoms with van der Waals surface area (Å²) in [6.45, 7) is 2.77. The van der Waals surface area contributed by atoms with E-state index in [9.17, 15) is 0 Å². The molecule has 3 heterocycles. The van der Waals surface area contributed by atoms with Gasteiger partial charge in [-0.3, -0.25) is 4.98 Å². The summed E-state index contributed by atoms with van der Waals surface area (Å²) >= 11 is 0. The number of ether oxygens (including phenoxy) is 2. The summed E-state index contributed by atoms with van der Waals surface area (Å²) in [5, 5.41) is 1.12. The van der Waals surface area contributed by atoms with Crippen molar-refractivity contribution in [2.45, 2.75) is 25.8 Å². The van der Waals surface area contributed by atoms with Gasteiger partial charge in [-0.1, -0.05) is 0 Å². The van der Waals surface area contributed by atoms with Crippen LogP contribution in [0.5, 0.6) is 11.5 Å². The van der Waals surface area contributed by atoms with E-state index < -0.39 is 0 Å². The molecular weight excluding hydrogens is 414 g/mol. The summed E-state index contributed by atoms with van der Waals surface area (Å²) in [6.07, 6.45) is 9.41. The average Bonchev–Trinajstić information content (AvgIpc) is 3.40. The number of nitrogens with one attached hydrogen (secondary N) is 1. The second-order valence-electron chi connectivity index (χ2n) is 8.31. The van der Waals surface area contributed by atoms with E-state index in [1.54, 1.807) is 20.4 Å². The molecule has 33 heavy (non-hydrogen) atoms. The van der Waals surface area contributed by atoms with Crippen molar-refractivity contribution in [1.29, 1.82) is 0 Å². The molecule has 0 saturated carbocycles. The van der Waals surface area contributed by atoms with Crippen LogP contribution >= 0.6 is 0 Å². The predicted molar refractivity (Wildman–Crippen MR) is 132 cm³/mol. The Labute approximate surface area is 194 Å². The minimum atomic E-state index is 0.577. The number of aromatic amines is 1. The van der Waals surface area contributed by atoms with Crippen LogP contribution in [0.2, 0.25) is 0 Å². The normalized spacial score (nSPS) is 13.8. The molecule has 1 N–H and O–H groups in total. The second-order valence-corrected chi connectivity index (χ2v) is 8.31. The molecule has 2 aromatic carbocycles. The van der Waals surface area contributed by atoms with Gasteiger partial charge in [-0.05, 0) is 43.5 Å². The Morgan fingerprint density at radius 2 is 1.70 bits per heavy atom. The van der Waals surface area contributed by atoms with Crippen molar-refractivity contribution in [2.24, 2.45) is 0 Å².